The van der Waals surface area contributed by atoms with E-state index in [1.807, 2.05) is 4.90 Å². The number of rotatable bonds is 2. The SMILES string of the molecule is CC(=O)N1CC[NH+](C[C@H]2C(=O)O[C@@H]3C[C@@]4(C)CCC[C@H](C)[C@@]45O[C@H]5[C@@H]32)CC1. The number of nitrogens with one attached hydrogen (secondary N) is 1. The molecule has 1 spiro atoms. The van der Waals surface area contributed by atoms with Gasteiger partial charge in [0, 0.05) is 18.3 Å². The van der Waals surface area contributed by atoms with Gasteiger partial charge in [-0.1, -0.05) is 20.3 Å². The van der Waals surface area contributed by atoms with Gasteiger partial charge in [-0.25, -0.2) is 0 Å². The largest absolute Gasteiger partial charge is 0.462 e. The summed E-state index contributed by atoms with van der Waals surface area (Å²) in [5, 5.41) is 0. The summed E-state index contributed by atoms with van der Waals surface area (Å²) in [4.78, 5) is 27.7. The number of amides is 1. The molecule has 0 aromatic heterocycles. The Kier molecular flexibility index (Phi) is 3.94. The molecule has 7 atom stereocenters. The smallest absolute Gasteiger partial charge is 0.315 e. The van der Waals surface area contributed by atoms with E-state index in [0.29, 0.717) is 5.92 Å². The number of nitrogens with zero attached hydrogens (tertiary/aromatic N) is 1. The number of quaternary nitrogens is 1. The number of hydrogen-bond donors (Lipinski definition) is 1. The van der Waals surface area contributed by atoms with Crippen molar-refractivity contribution in [3.05, 3.63) is 0 Å². The third kappa shape index (κ3) is 2.45. The minimum absolute atomic E-state index is 0.00736. The predicted molar refractivity (Wildman–Crippen MR) is 98.0 cm³/mol. The third-order valence-corrected chi connectivity index (χ3v) is 8.62. The van der Waals surface area contributed by atoms with Crippen molar-refractivity contribution in [2.75, 3.05) is 32.7 Å². The van der Waals surface area contributed by atoms with Crippen molar-refractivity contribution in [3.63, 3.8) is 0 Å². The summed E-state index contributed by atoms with van der Waals surface area (Å²) in [5.74, 6) is 0.902. The molecular formula is C21H33N2O4+. The zero-order chi connectivity index (χ0) is 19.0. The van der Waals surface area contributed by atoms with Crippen LogP contribution in [-0.4, -0.2) is 67.3 Å². The summed E-state index contributed by atoms with van der Waals surface area (Å²) >= 11 is 0. The van der Waals surface area contributed by atoms with E-state index < -0.39 is 0 Å². The van der Waals surface area contributed by atoms with Crippen LogP contribution in [0.2, 0.25) is 0 Å². The molecule has 0 unspecified atom stereocenters. The van der Waals surface area contributed by atoms with E-state index in [9.17, 15) is 9.59 Å². The van der Waals surface area contributed by atoms with Crippen molar-refractivity contribution in [2.24, 2.45) is 23.2 Å². The Morgan fingerprint density at radius 1 is 1.33 bits per heavy atom. The fourth-order valence-electron chi connectivity index (χ4n) is 7.12. The summed E-state index contributed by atoms with van der Waals surface area (Å²) in [6.07, 6.45) is 4.89. The average Bonchev–Trinajstić information content (AvgIpc) is 3.31. The number of hydrogen-bond acceptors (Lipinski definition) is 4. The van der Waals surface area contributed by atoms with Crippen LogP contribution in [0, 0.1) is 23.2 Å². The monoisotopic (exact) mass is 377 g/mol. The second-order valence-corrected chi connectivity index (χ2v) is 10.0. The van der Waals surface area contributed by atoms with Crippen LogP contribution in [0.5, 0.6) is 0 Å². The van der Waals surface area contributed by atoms with Crippen molar-refractivity contribution >= 4 is 11.9 Å². The van der Waals surface area contributed by atoms with Gasteiger partial charge in [0.2, 0.25) is 5.91 Å². The Morgan fingerprint density at radius 2 is 2.07 bits per heavy atom. The molecule has 0 bridgehead atoms. The molecule has 150 valence electrons. The molecule has 6 heteroatoms. The molecule has 2 aliphatic carbocycles. The topological polar surface area (TPSA) is 63.6 Å². The molecule has 5 aliphatic rings. The molecule has 6 nitrogen and oxygen atoms in total. The highest BCUT2D eigenvalue weighted by Crippen LogP contribution is 2.70. The van der Waals surface area contributed by atoms with Crippen LogP contribution in [0.3, 0.4) is 0 Å². The van der Waals surface area contributed by atoms with Crippen molar-refractivity contribution in [1.29, 1.82) is 0 Å². The molecule has 5 fully saturated rings. The lowest BCUT2D eigenvalue weighted by atomic mass is 9.53. The fourth-order valence-corrected chi connectivity index (χ4v) is 7.12. The average molecular weight is 378 g/mol. The van der Waals surface area contributed by atoms with E-state index in [-0.39, 0.29) is 46.9 Å². The summed E-state index contributed by atoms with van der Waals surface area (Å²) in [7, 11) is 0. The quantitative estimate of drug-likeness (QED) is 0.554. The number of carbonyl (C=O) groups is 2. The normalized spacial score (nSPS) is 49.1. The van der Waals surface area contributed by atoms with Gasteiger partial charge in [0.05, 0.1) is 38.8 Å². The van der Waals surface area contributed by atoms with Crippen LogP contribution in [0.1, 0.15) is 46.5 Å². The van der Waals surface area contributed by atoms with Gasteiger partial charge in [0.15, 0.2) is 0 Å². The maximum atomic E-state index is 12.8. The predicted octanol–water partition coefficient (Wildman–Crippen LogP) is 0.259. The number of epoxide rings is 1. The van der Waals surface area contributed by atoms with Crippen molar-refractivity contribution < 1.29 is 24.0 Å². The van der Waals surface area contributed by atoms with Crippen molar-refractivity contribution in [3.8, 4) is 0 Å². The van der Waals surface area contributed by atoms with Gasteiger partial charge >= 0.3 is 5.97 Å². The second kappa shape index (κ2) is 5.93. The molecule has 3 heterocycles. The molecule has 1 amide bonds. The number of carbonyl (C=O) groups excluding carboxylic acids is 2. The fraction of sp³-hybridized carbons (Fsp3) is 0.905. The minimum Gasteiger partial charge on any atom is -0.462 e. The van der Waals surface area contributed by atoms with Gasteiger partial charge in [-0.2, -0.15) is 0 Å². The molecule has 0 aromatic rings. The minimum atomic E-state index is -0.0445. The number of fused-ring (bicyclic) bond motifs is 2. The molecular weight excluding hydrogens is 344 g/mol. The highest BCUT2D eigenvalue weighted by molar-refractivity contribution is 5.76. The first-order chi connectivity index (χ1) is 12.9. The van der Waals surface area contributed by atoms with Crippen LogP contribution < -0.4 is 4.90 Å². The van der Waals surface area contributed by atoms with E-state index in [2.05, 4.69) is 13.8 Å². The van der Waals surface area contributed by atoms with Crippen LogP contribution >= 0.6 is 0 Å². The lowest BCUT2D eigenvalue weighted by Crippen LogP contribution is -3.15. The van der Waals surface area contributed by atoms with Gasteiger partial charge in [-0.3, -0.25) is 9.59 Å². The second-order valence-electron chi connectivity index (χ2n) is 10.0. The highest BCUT2D eigenvalue weighted by atomic mass is 16.6. The Bertz CT molecular complexity index is 661. The number of ether oxygens (including phenoxy) is 2. The van der Waals surface area contributed by atoms with Gasteiger partial charge in [0.1, 0.15) is 17.6 Å². The van der Waals surface area contributed by atoms with E-state index in [1.54, 1.807) is 6.92 Å². The van der Waals surface area contributed by atoms with Crippen molar-refractivity contribution in [2.45, 2.75) is 64.3 Å². The lowest BCUT2D eigenvalue weighted by Gasteiger charge is -2.48. The van der Waals surface area contributed by atoms with Gasteiger partial charge in [-0.15, -0.1) is 0 Å². The van der Waals surface area contributed by atoms with E-state index in [0.717, 1.165) is 39.1 Å². The zero-order valence-corrected chi connectivity index (χ0v) is 16.8. The molecule has 0 aromatic carbocycles. The lowest BCUT2D eigenvalue weighted by molar-refractivity contribution is -0.906. The first kappa shape index (κ1) is 17.9. The number of piperazine rings is 1. The van der Waals surface area contributed by atoms with Crippen LogP contribution in [0.25, 0.3) is 0 Å². The maximum absolute atomic E-state index is 12.8. The maximum Gasteiger partial charge on any atom is 0.315 e. The molecule has 27 heavy (non-hydrogen) atoms. The van der Waals surface area contributed by atoms with Crippen LogP contribution in [0.4, 0.5) is 0 Å². The van der Waals surface area contributed by atoms with Gasteiger partial charge in [-0.05, 0) is 25.2 Å². The number of esters is 1. The first-order valence-electron chi connectivity index (χ1n) is 10.8. The Labute approximate surface area is 161 Å². The molecule has 0 radical (unpaired) electrons. The molecule has 3 saturated heterocycles. The first-order valence-corrected chi connectivity index (χ1v) is 10.8. The Balaban J connectivity index is 1.32. The van der Waals surface area contributed by atoms with E-state index in [1.165, 1.54) is 24.2 Å². The zero-order valence-electron chi connectivity index (χ0n) is 16.8. The molecule has 3 aliphatic heterocycles. The van der Waals surface area contributed by atoms with Crippen molar-refractivity contribution in [1.82, 2.24) is 4.90 Å². The summed E-state index contributed by atoms with van der Waals surface area (Å²) in [5.41, 5.74) is 0.146. The summed E-state index contributed by atoms with van der Waals surface area (Å²) in [6, 6.07) is 0. The van der Waals surface area contributed by atoms with Crippen LogP contribution in [-0.2, 0) is 19.1 Å². The summed E-state index contributed by atoms with van der Waals surface area (Å²) < 4.78 is 12.4. The van der Waals surface area contributed by atoms with Gasteiger partial charge in [0.25, 0.3) is 0 Å². The highest BCUT2D eigenvalue weighted by Gasteiger charge is 2.78. The Morgan fingerprint density at radius 3 is 2.78 bits per heavy atom. The van der Waals surface area contributed by atoms with E-state index >= 15 is 0 Å². The van der Waals surface area contributed by atoms with E-state index in [4.69, 9.17) is 9.47 Å². The van der Waals surface area contributed by atoms with Gasteiger partial charge < -0.3 is 19.3 Å². The molecule has 2 saturated carbocycles. The Hall–Kier alpha value is -1.14. The standard InChI is InChI=1S/C21H32N2O4/c1-13-5-4-6-20(3)11-16-17(18-21(13,20)27-18)15(19(25)26-16)12-22-7-9-23(10-8-22)14(2)24/h13,15-18H,4-12H2,1-3H3/p+1/t13-,15+,16+,17+,18-,20+,21-/m0/s1. The molecule has 5 rings (SSSR count). The van der Waals surface area contributed by atoms with Crippen LogP contribution in [0.15, 0.2) is 0 Å². The summed E-state index contributed by atoms with van der Waals surface area (Å²) in [6.45, 7) is 10.6. The third-order valence-electron chi connectivity index (χ3n) is 8.62. The molecule has 1 N–H and O–H groups in total.